The Morgan fingerprint density at radius 3 is 2.44 bits per heavy atom. The van der Waals surface area contributed by atoms with E-state index < -0.39 is 11.9 Å². The first-order valence-electron chi connectivity index (χ1n) is 15.2. The highest BCUT2D eigenvalue weighted by Gasteiger charge is 2.50. The molecule has 0 radical (unpaired) electrons. The van der Waals surface area contributed by atoms with E-state index in [1.54, 1.807) is 6.92 Å². The summed E-state index contributed by atoms with van der Waals surface area (Å²) in [5, 5.41) is 2.97. The molecule has 208 valence electrons. The van der Waals surface area contributed by atoms with E-state index in [9.17, 15) is 14.4 Å². The number of fused-ring (bicyclic) bond motifs is 1. The van der Waals surface area contributed by atoms with Crippen molar-refractivity contribution in [2.75, 3.05) is 37.6 Å². The van der Waals surface area contributed by atoms with Crippen molar-refractivity contribution < 1.29 is 9.59 Å². The summed E-state index contributed by atoms with van der Waals surface area (Å²) < 4.78 is 1.50. The third-order valence-corrected chi connectivity index (χ3v) is 10.7. The average Bonchev–Trinajstić information content (AvgIpc) is 3.13. The van der Waals surface area contributed by atoms with Crippen LogP contribution in [0.4, 0.5) is 5.69 Å². The van der Waals surface area contributed by atoms with Gasteiger partial charge in [-0.15, -0.1) is 0 Å². The molecule has 1 aromatic carbocycles. The lowest BCUT2D eigenvalue weighted by Crippen LogP contribution is -2.47. The first-order chi connectivity index (χ1) is 18.9. The Labute approximate surface area is 230 Å². The number of hydrogen-bond acceptors (Lipinski definition) is 6. The zero-order chi connectivity index (χ0) is 26.7. The number of nitrogens with zero attached hydrogens (tertiary/aromatic N) is 4. The van der Waals surface area contributed by atoms with Crippen molar-refractivity contribution in [3.8, 4) is 0 Å². The van der Waals surface area contributed by atoms with Crippen molar-refractivity contribution in [1.82, 2.24) is 19.8 Å². The molecule has 1 N–H and O–H groups in total. The topological polar surface area (TPSA) is 87.5 Å². The van der Waals surface area contributed by atoms with Crippen molar-refractivity contribution in [2.45, 2.75) is 77.2 Å². The van der Waals surface area contributed by atoms with Gasteiger partial charge in [0.25, 0.3) is 5.56 Å². The summed E-state index contributed by atoms with van der Waals surface area (Å²) in [4.78, 5) is 48.0. The lowest BCUT2D eigenvalue weighted by molar-refractivity contribution is -0.135. The van der Waals surface area contributed by atoms with E-state index >= 15 is 0 Å². The van der Waals surface area contributed by atoms with Crippen LogP contribution in [0.1, 0.15) is 76.1 Å². The minimum atomic E-state index is -0.704. The van der Waals surface area contributed by atoms with Crippen molar-refractivity contribution >= 4 is 28.4 Å². The van der Waals surface area contributed by atoms with Crippen molar-refractivity contribution in [2.24, 2.45) is 23.2 Å². The van der Waals surface area contributed by atoms with E-state index in [-0.39, 0.29) is 17.9 Å². The number of aryl methyl sites for hydroxylation is 1. The first-order valence-corrected chi connectivity index (χ1v) is 15.2. The van der Waals surface area contributed by atoms with Gasteiger partial charge in [0, 0.05) is 26.1 Å². The van der Waals surface area contributed by atoms with E-state index in [0.29, 0.717) is 28.6 Å². The number of benzene rings is 1. The van der Waals surface area contributed by atoms with E-state index in [1.165, 1.54) is 56.1 Å². The predicted molar refractivity (Wildman–Crippen MR) is 151 cm³/mol. The van der Waals surface area contributed by atoms with Gasteiger partial charge in [0.2, 0.25) is 11.8 Å². The van der Waals surface area contributed by atoms with Crippen LogP contribution in [0.5, 0.6) is 0 Å². The zero-order valence-electron chi connectivity index (χ0n) is 23.2. The molecule has 4 saturated carbocycles. The molecule has 2 amide bonds. The third-order valence-electron chi connectivity index (χ3n) is 10.7. The van der Waals surface area contributed by atoms with Gasteiger partial charge in [-0.3, -0.25) is 24.3 Å². The SMILES string of the molecule is Cc1nc2cccc(N3CCCN(CCC45CC6CC(CC(C6)C4)C5)CC3)c2c(=O)n1C1CCC(=O)NC1=O. The molecule has 1 unspecified atom stereocenters. The second kappa shape index (κ2) is 9.72. The molecule has 39 heavy (non-hydrogen) atoms. The van der Waals surface area contributed by atoms with Gasteiger partial charge in [0.05, 0.1) is 16.6 Å². The number of amides is 2. The number of aromatic nitrogens is 2. The predicted octanol–water partition coefficient (Wildman–Crippen LogP) is 3.80. The Kier molecular flexibility index (Phi) is 6.29. The molecule has 4 aliphatic carbocycles. The van der Waals surface area contributed by atoms with Gasteiger partial charge in [-0.1, -0.05) is 6.07 Å². The van der Waals surface area contributed by atoms with Crippen LogP contribution < -0.4 is 15.8 Å². The second-order valence-electron chi connectivity index (χ2n) is 13.3. The summed E-state index contributed by atoms with van der Waals surface area (Å²) in [6.07, 6.45) is 11.9. The monoisotopic (exact) mass is 531 g/mol. The number of piperidine rings is 1. The fourth-order valence-electron chi connectivity index (χ4n) is 9.32. The molecule has 1 atom stereocenters. The van der Waals surface area contributed by atoms with Crippen molar-refractivity contribution in [1.29, 1.82) is 0 Å². The largest absolute Gasteiger partial charge is 0.369 e. The lowest BCUT2D eigenvalue weighted by Gasteiger charge is -2.57. The van der Waals surface area contributed by atoms with Crippen molar-refractivity contribution in [3.05, 3.63) is 34.4 Å². The summed E-state index contributed by atoms with van der Waals surface area (Å²) in [6, 6.07) is 5.19. The summed E-state index contributed by atoms with van der Waals surface area (Å²) in [5.41, 5.74) is 2.00. The van der Waals surface area contributed by atoms with Crippen LogP contribution in [0, 0.1) is 30.1 Å². The van der Waals surface area contributed by atoms with Crippen LogP contribution in [-0.4, -0.2) is 59.0 Å². The van der Waals surface area contributed by atoms with Gasteiger partial charge in [-0.05, 0) is 113 Å². The minimum Gasteiger partial charge on any atom is -0.369 e. The number of nitrogens with one attached hydrogen (secondary N) is 1. The number of imide groups is 1. The molecule has 1 aromatic heterocycles. The molecule has 6 aliphatic rings. The fraction of sp³-hybridized carbons (Fsp3) is 0.677. The van der Waals surface area contributed by atoms with Gasteiger partial charge in [-0.25, -0.2) is 4.98 Å². The highest BCUT2D eigenvalue weighted by atomic mass is 16.2. The normalized spacial score (nSPS) is 33.0. The molecule has 8 nitrogen and oxygen atoms in total. The summed E-state index contributed by atoms with van der Waals surface area (Å²) in [5.74, 6) is 2.82. The van der Waals surface area contributed by atoms with Crippen LogP contribution in [0.3, 0.4) is 0 Å². The van der Waals surface area contributed by atoms with E-state index in [4.69, 9.17) is 4.98 Å². The number of carbonyl (C=O) groups is 2. The van der Waals surface area contributed by atoms with Crippen LogP contribution in [0.15, 0.2) is 23.0 Å². The number of rotatable bonds is 5. The quantitative estimate of drug-likeness (QED) is 0.591. The molecular formula is C31H41N5O3. The van der Waals surface area contributed by atoms with Crippen LogP contribution in [-0.2, 0) is 9.59 Å². The number of hydrogen-bond donors (Lipinski definition) is 1. The number of carbonyl (C=O) groups excluding carboxylic acids is 2. The van der Waals surface area contributed by atoms with E-state index in [0.717, 1.165) is 56.0 Å². The maximum absolute atomic E-state index is 13.9. The smallest absolute Gasteiger partial charge is 0.264 e. The first kappa shape index (κ1) is 25.2. The molecule has 2 saturated heterocycles. The Morgan fingerprint density at radius 2 is 1.72 bits per heavy atom. The highest BCUT2D eigenvalue weighted by molar-refractivity contribution is 5.99. The summed E-state index contributed by atoms with van der Waals surface area (Å²) in [7, 11) is 0. The molecule has 0 spiro atoms. The molecular weight excluding hydrogens is 490 g/mol. The van der Waals surface area contributed by atoms with Gasteiger partial charge >= 0.3 is 0 Å². The lowest BCUT2D eigenvalue weighted by atomic mass is 9.49. The van der Waals surface area contributed by atoms with E-state index in [2.05, 4.69) is 15.1 Å². The minimum absolute atomic E-state index is 0.189. The molecule has 8 rings (SSSR count). The Bertz CT molecular complexity index is 1330. The van der Waals surface area contributed by atoms with Crippen molar-refractivity contribution in [3.63, 3.8) is 0 Å². The van der Waals surface area contributed by atoms with Gasteiger partial charge in [0.1, 0.15) is 11.9 Å². The zero-order valence-corrected chi connectivity index (χ0v) is 23.2. The standard InChI is InChI=1S/C31H41N5O3/c1-20-32-24-4-2-5-25(28(24)30(39)36(20)26-6-7-27(37)33-29(26)38)35-10-3-9-34(12-13-35)11-8-31-17-21-14-22(18-31)16-23(15-21)19-31/h2,4-5,21-23,26H,3,6-19H2,1H3,(H,33,37,38). The van der Waals surface area contributed by atoms with Crippen LogP contribution in [0.2, 0.25) is 0 Å². The fourth-order valence-corrected chi connectivity index (χ4v) is 9.32. The molecule has 3 heterocycles. The average molecular weight is 532 g/mol. The summed E-state index contributed by atoms with van der Waals surface area (Å²) >= 11 is 0. The molecule has 8 heteroatoms. The second-order valence-corrected chi connectivity index (χ2v) is 13.3. The third kappa shape index (κ3) is 4.58. The molecule has 2 aromatic rings. The van der Waals surface area contributed by atoms with Crippen LogP contribution >= 0.6 is 0 Å². The highest BCUT2D eigenvalue weighted by Crippen LogP contribution is 2.61. The molecule has 6 fully saturated rings. The molecule has 4 bridgehead atoms. The number of anilines is 1. The van der Waals surface area contributed by atoms with Crippen LogP contribution in [0.25, 0.3) is 10.9 Å². The maximum Gasteiger partial charge on any atom is 0.264 e. The Hall–Kier alpha value is -2.74. The summed E-state index contributed by atoms with van der Waals surface area (Å²) in [6.45, 7) is 6.85. The Morgan fingerprint density at radius 1 is 0.974 bits per heavy atom. The maximum atomic E-state index is 13.9. The Balaban J connectivity index is 1.10. The van der Waals surface area contributed by atoms with E-state index in [1.807, 2.05) is 18.2 Å². The van der Waals surface area contributed by atoms with Gasteiger partial charge in [0.15, 0.2) is 0 Å². The molecule has 2 aliphatic heterocycles. The van der Waals surface area contributed by atoms with Gasteiger partial charge in [-0.2, -0.15) is 0 Å². The van der Waals surface area contributed by atoms with Gasteiger partial charge < -0.3 is 9.80 Å².